The second kappa shape index (κ2) is 3.95. The fraction of sp³-hybridized carbons (Fsp3) is 0.533. The molecule has 0 radical (unpaired) electrons. The van der Waals surface area contributed by atoms with Gasteiger partial charge in [-0.2, -0.15) is 0 Å². The average molecular weight is 260 g/mol. The number of rotatable bonds is 1. The molecule has 0 saturated heterocycles. The second-order valence-electron chi connectivity index (χ2n) is 6.33. The number of benzene rings is 1. The molecule has 1 unspecified atom stereocenters. The van der Waals surface area contributed by atoms with Crippen LogP contribution >= 0.6 is 12.2 Å². The summed E-state index contributed by atoms with van der Waals surface area (Å²) in [6, 6.07) is 6.93. The third-order valence-electron chi connectivity index (χ3n) is 4.25. The zero-order valence-electron chi connectivity index (χ0n) is 11.3. The van der Waals surface area contributed by atoms with Crippen LogP contribution in [-0.2, 0) is 0 Å². The molecule has 1 aromatic carbocycles. The molecule has 1 atom stereocenters. The highest BCUT2D eigenvalue weighted by Crippen LogP contribution is 2.44. The van der Waals surface area contributed by atoms with Crippen LogP contribution in [0.4, 0.5) is 0 Å². The maximum absolute atomic E-state index is 5.53. The van der Waals surface area contributed by atoms with Gasteiger partial charge in [0.25, 0.3) is 0 Å². The second-order valence-corrected chi connectivity index (χ2v) is 6.72. The Labute approximate surface area is 113 Å². The van der Waals surface area contributed by atoms with E-state index in [1.807, 2.05) is 0 Å². The molecule has 0 bridgehead atoms. The molecule has 1 N–H and O–H groups in total. The zero-order chi connectivity index (χ0) is 12.9. The van der Waals surface area contributed by atoms with Crippen LogP contribution in [0, 0.1) is 17.1 Å². The van der Waals surface area contributed by atoms with Crippen molar-refractivity contribution < 1.29 is 0 Å². The lowest BCUT2D eigenvalue weighted by Crippen LogP contribution is -2.09. The number of nitrogens with one attached hydrogen (secondary N) is 1. The largest absolute Gasteiger partial charge is 0.331 e. The fourth-order valence-corrected chi connectivity index (χ4v) is 3.68. The van der Waals surface area contributed by atoms with Crippen molar-refractivity contribution in [1.29, 1.82) is 0 Å². The maximum Gasteiger partial charge on any atom is 0.178 e. The van der Waals surface area contributed by atoms with E-state index in [-0.39, 0.29) is 0 Å². The third kappa shape index (κ3) is 1.81. The molecular formula is C15H20N2S. The number of aromatic amines is 1. The smallest absolute Gasteiger partial charge is 0.178 e. The number of H-pyrrole nitrogens is 1. The number of aromatic nitrogens is 2. The highest BCUT2D eigenvalue weighted by atomic mass is 32.1. The average Bonchev–Trinajstić information content (AvgIpc) is 2.79. The van der Waals surface area contributed by atoms with Gasteiger partial charge in [0.1, 0.15) is 0 Å². The number of nitrogens with zero attached hydrogens (tertiary/aromatic N) is 1. The van der Waals surface area contributed by atoms with Gasteiger partial charge >= 0.3 is 0 Å². The van der Waals surface area contributed by atoms with Gasteiger partial charge in [-0.3, -0.25) is 0 Å². The van der Waals surface area contributed by atoms with E-state index < -0.39 is 0 Å². The van der Waals surface area contributed by atoms with Crippen molar-refractivity contribution >= 4 is 23.3 Å². The molecule has 0 spiro atoms. The summed E-state index contributed by atoms with van der Waals surface area (Å²) in [6.07, 6.45) is 3.75. The lowest BCUT2D eigenvalue weighted by atomic mass is 9.92. The maximum atomic E-state index is 5.53. The minimum Gasteiger partial charge on any atom is -0.331 e. The van der Waals surface area contributed by atoms with Crippen molar-refractivity contribution in [2.24, 2.45) is 5.41 Å². The first kappa shape index (κ1) is 12.0. The molecule has 3 rings (SSSR count). The van der Waals surface area contributed by atoms with Crippen LogP contribution in [0.25, 0.3) is 11.0 Å². The molecule has 2 aromatic rings. The van der Waals surface area contributed by atoms with E-state index in [0.29, 0.717) is 11.5 Å². The number of hydrogen-bond acceptors (Lipinski definition) is 1. The van der Waals surface area contributed by atoms with Crippen LogP contribution in [0.2, 0.25) is 0 Å². The summed E-state index contributed by atoms with van der Waals surface area (Å²) in [6.45, 7) is 6.89. The Morgan fingerprint density at radius 3 is 2.83 bits per heavy atom. The molecule has 1 fully saturated rings. The van der Waals surface area contributed by atoms with Crippen LogP contribution in [0.15, 0.2) is 18.2 Å². The Kier molecular flexibility index (Phi) is 2.63. The lowest BCUT2D eigenvalue weighted by molar-refractivity contribution is 0.360. The number of hydrogen-bond donors (Lipinski definition) is 1. The molecule has 1 heterocycles. The van der Waals surface area contributed by atoms with Crippen molar-refractivity contribution in [3.63, 3.8) is 0 Å². The van der Waals surface area contributed by atoms with Crippen molar-refractivity contribution in [1.82, 2.24) is 9.55 Å². The van der Waals surface area contributed by atoms with Gasteiger partial charge < -0.3 is 9.55 Å². The fourth-order valence-electron chi connectivity index (χ4n) is 3.32. The van der Waals surface area contributed by atoms with Gasteiger partial charge in [-0.05, 0) is 55.4 Å². The van der Waals surface area contributed by atoms with Gasteiger partial charge in [0.05, 0.1) is 11.0 Å². The van der Waals surface area contributed by atoms with Crippen LogP contribution < -0.4 is 0 Å². The monoisotopic (exact) mass is 260 g/mol. The Morgan fingerprint density at radius 2 is 2.17 bits per heavy atom. The van der Waals surface area contributed by atoms with Gasteiger partial charge in [-0.15, -0.1) is 0 Å². The third-order valence-corrected chi connectivity index (χ3v) is 4.55. The SMILES string of the molecule is Cc1cccc2[nH]c(=S)n(C3CCC(C)(C)C3)c12. The van der Waals surface area contributed by atoms with Gasteiger partial charge in [0.15, 0.2) is 4.77 Å². The Hall–Kier alpha value is -1.09. The molecule has 2 nitrogen and oxygen atoms in total. The zero-order valence-corrected chi connectivity index (χ0v) is 12.1. The van der Waals surface area contributed by atoms with Crippen molar-refractivity contribution in [3.05, 3.63) is 28.5 Å². The summed E-state index contributed by atoms with van der Waals surface area (Å²) in [5, 5.41) is 0. The molecule has 1 aliphatic carbocycles. The summed E-state index contributed by atoms with van der Waals surface area (Å²) in [4.78, 5) is 3.35. The molecular weight excluding hydrogens is 240 g/mol. The van der Waals surface area contributed by atoms with E-state index in [1.165, 1.54) is 35.9 Å². The molecule has 3 heteroatoms. The normalized spacial score (nSPS) is 22.7. The molecule has 1 saturated carbocycles. The molecule has 0 amide bonds. The van der Waals surface area contributed by atoms with E-state index in [1.54, 1.807) is 0 Å². The van der Waals surface area contributed by atoms with Crippen LogP contribution in [-0.4, -0.2) is 9.55 Å². The first-order chi connectivity index (χ1) is 8.48. The van der Waals surface area contributed by atoms with E-state index in [2.05, 4.69) is 48.5 Å². The van der Waals surface area contributed by atoms with Gasteiger partial charge in [-0.1, -0.05) is 26.0 Å². The number of imidazole rings is 1. The number of aryl methyl sites for hydroxylation is 1. The quantitative estimate of drug-likeness (QED) is 0.733. The van der Waals surface area contributed by atoms with Gasteiger partial charge in [-0.25, -0.2) is 0 Å². The summed E-state index contributed by atoms with van der Waals surface area (Å²) in [5.74, 6) is 0. The Morgan fingerprint density at radius 1 is 1.39 bits per heavy atom. The molecule has 96 valence electrons. The van der Waals surface area contributed by atoms with E-state index in [0.717, 1.165) is 4.77 Å². The predicted molar refractivity (Wildman–Crippen MR) is 78.5 cm³/mol. The van der Waals surface area contributed by atoms with E-state index in [9.17, 15) is 0 Å². The summed E-state index contributed by atoms with van der Waals surface area (Å²) in [5.41, 5.74) is 4.23. The molecule has 18 heavy (non-hydrogen) atoms. The Balaban J connectivity index is 2.18. The first-order valence-corrected chi connectivity index (χ1v) is 7.09. The van der Waals surface area contributed by atoms with Crippen molar-refractivity contribution in [2.45, 2.75) is 46.1 Å². The van der Waals surface area contributed by atoms with Crippen molar-refractivity contribution in [2.75, 3.05) is 0 Å². The van der Waals surface area contributed by atoms with Gasteiger partial charge in [0, 0.05) is 6.04 Å². The van der Waals surface area contributed by atoms with Crippen LogP contribution in [0.1, 0.15) is 44.7 Å². The van der Waals surface area contributed by atoms with E-state index in [4.69, 9.17) is 12.2 Å². The number of para-hydroxylation sites is 1. The Bertz CT molecular complexity index is 648. The topological polar surface area (TPSA) is 20.7 Å². The van der Waals surface area contributed by atoms with Crippen molar-refractivity contribution in [3.8, 4) is 0 Å². The summed E-state index contributed by atoms with van der Waals surface area (Å²) in [7, 11) is 0. The first-order valence-electron chi connectivity index (χ1n) is 6.68. The van der Waals surface area contributed by atoms with E-state index >= 15 is 0 Å². The molecule has 1 aliphatic rings. The van der Waals surface area contributed by atoms with Crippen LogP contribution in [0.3, 0.4) is 0 Å². The standard InChI is InChI=1S/C15H20N2S/c1-10-5-4-6-12-13(10)17(14(18)16-12)11-7-8-15(2,3)9-11/h4-6,11H,7-9H2,1-3H3,(H,16,18). The minimum atomic E-state index is 0.450. The number of fused-ring (bicyclic) bond motifs is 1. The van der Waals surface area contributed by atoms with Crippen LogP contribution in [0.5, 0.6) is 0 Å². The minimum absolute atomic E-state index is 0.450. The summed E-state index contributed by atoms with van der Waals surface area (Å²) >= 11 is 5.53. The highest BCUT2D eigenvalue weighted by Gasteiger charge is 2.33. The predicted octanol–water partition coefficient (Wildman–Crippen LogP) is 4.76. The van der Waals surface area contributed by atoms with Gasteiger partial charge in [0.2, 0.25) is 0 Å². The lowest BCUT2D eigenvalue weighted by Gasteiger charge is -2.19. The summed E-state index contributed by atoms with van der Waals surface area (Å²) < 4.78 is 3.23. The molecule has 1 aromatic heterocycles. The highest BCUT2D eigenvalue weighted by molar-refractivity contribution is 7.71. The molecule has 0 aliphatic heterocycles.